The molecule has 2 heterocycles. The average Bonchev–Trinajstić information content (AvgIpc) is 2.97. The van der Waals surface area contributed by atoms with Crippen LogP contribution in [0.25, 0.3) is 0 Å². The van der Waals surface area contributed by atoms with E-state index in [2.05, 4.69) is 17.1 Å². The van der Waals surface area contributed by atoms with Gasteiger partial charge in [0.1, 0.15) is 23.5 Å². The number of aromatic amines is 1. The number of nitrogens with two attached hydrogens (primary N) is 1. The Kier molecular flexibility index (Phi) is 10.6. The lowest BCUT2D eigenvalue weighted by Gasteiger charge is -2.26. The molecule has 0 radical (unpaired) electrons. The van der Waals surface area contributed by atoms with Gasteiger partial charge in [0.25, 0.3) is 5.56 Å². The number of quaternary nitrogens is 1. The molecule has 1 aliphatic rings. The lowest BCUT2D eigenvalue weighted by molar-refractivity contribution is -0.624. The smallest absolute Gasteiger partial charge is 0.266 e. The van der Waals surface area contributed by atoms with Crippen LogP contribution in [0.15, 0.2) is 64.3 Å². The van der Waals surface area contributed by atoms with E-state index in [1.807, 2.05) is 30.4 Å². The van der Waals surface area contributed by atoms with Crippen molar-refractivity contribution in [3.05, 3.63) is 87.5 Å². The van der Waals surface area contributed by atoms with Crippen LogP contribution in [0.5, 0.6) is 0 Å². The zero-order chi connectivity index (χ0) is 29.4. The fourth-order valence-corrected chi connectivity index (χ4v) is 6.38. The number of rotatable bonds is 13. The van der Waals surface area contributed by atoms with E-state index >= 15 is 0 Å². The maximum Gasteiger partial charge on any atom is 0.266 e. The molecule has 10 nitrogen and oxygen atoms in total. The van der Waals surface area contributed by atoms with Gasteiger partial charge in [-0.25, -0.2) is 8.42 Å². The number of aliphatic hydroxyl groups excluding tert-OH is 1. The van der Waals surface area contributed by atoms with Crippen molar-refractivity contribution < 1.29 is 23.6 Å². The van der Waals surface area contributed by atoms with Gasteiger partial charge in [-0.15, -0.1) is 0 Å². The number of aromatic nitrogens is 2. The van der Waals surface area contributed by atoms with Crippen LogP contribution in [0.4, 0.5) is 5.82 Å². The van der Waals surface area contributed by atoms with Crippen LogP contribution in [-0.4, -0.2) is 72.0 Å². The summed E-state index contributed by atoms with van der Waals surface area (Å²) in [6.45, 7) is 4.96. The Hall–Kier alpha value is -3.22. The van der Waals surface area contributed by atoms with Crippen LogP contribution in [0.1, 0.15) is 55.6 Å². The minimum atomic E-state index is -3.60. The first kappa shape index (κ1) is 30.7. The Morgan fingerprint density at radius 2 is 1.80 bits per heavy atom. The first-order valence-electron chi connectivity index (χ1n) is 14.1. The molecular formula is C30H40N5O5S+. The van der Waals surface area contributed by atoms with Gasteiger partial charge in [0, 0.05) is 25.9 Å². The zero-order valence-corrected chi connectivity index (χ0v) is 24.5. The van der Waals surface area contributed by atoms with Crippen molar-refractivity contribution in [1.29, 1.82) is 5.41 Å². The van der Waals surface area contributed by atoms with E-state index in [0.717, 1.165) is 18.4 Å². The molecule has 1 saturated heterocycles. The largest absolute Gasteiger partial charge is 0.387 e. The molecule has 0 bridgehead atoms. The van der Waals surface area contributed by atoms with Crippen molar-refractivity contribution >= 4 is 21.6 Å². The molecule has 0 aliphatic carbocycles. The number of hydrogen-bond acceptors (Lipinski definition) is 7. The van der Waals surface area contributed by atoms with E-state index in [9.17, 15) is 18.3 Å². The van der Waals surface area contributed by atoms with Crippen molar-refractivity contribution in [2.24, 2.45) is 0 Å². The van der Waals surface area contributed by atoms with Gasteiger partial charge in [-0.05, 0) is 49.4 Å². The van der Waals surface area contributed by atoms with E-state index in [0.29, 0.717) is 50.8 Å². The van der Waals surface area contributed by atoms with E-state index in [1.165, 1.54) is 9.87 Å². The number of aryl methyl sites for hydroxylation is 1. The number of nitrogens with zero attached hydrogens (tertiary/aromatic N) is 2. The molecule has 2 unspecified atom stereocenters. The Labute approximate surface area is 241 Å². The second kappa shape index (κ2) is 14.1. The van der Waals surface area contributed by atoms with Gasteiger partial charge in [0.05, 0.1) is 23.8 Å². The normalized spacial score (nSPS) is 15.9. The number of ether oxygens (including phenoxy) is 1. The fraction of sp³-hybridized carbons (Fsp3) is 0.433. The van der Waals surface area contributed by atoms with Crippen LogP contribution < -0.4 is 10.9 Å². The summed E-state index contributed by atoms with van der Waals surface area (Å²) in [5, 5.41) is 20.8. The van der Waals surface area contributed by atoms with Gasteiger partial charge < -0.3 is 20.2 Å². The molecule has 4 rings (SSSR count). The van der Waals surface area contributed by atoms with E-state index < -0.39 is 21.7 Å². The second-order valence-corrected chi connectivity index (χ2v) is 12.3. The van der Waals surface area contributed by atoms with Gasteiger partial charge in [-0.3, -0.25) is 10.1 Å². The van der Waals surface area contributed by atoms with Crippen molar-refractivity contribution in [2.75, 3.05) is 26.3 Å². The molecule has 0 amide bonds. The molecule has 2 aromatic carbocycles. The van der Waals surface area contributed by atoms with Crippen LogP contribution >= 0.6 is 0 Å². The number of benzene rings is 2. The van der Waals surface area contributed by atoms with Crippen LogP contribution in [0, 0.1) is 5.41 Å². The summed E-state index contributed by atoms with van der Waals surface area (Å²) >= 11 is 0. The van der Waals surface area contributed by atoms with E-state index in [-0.39, 0.29) is 28.6 Å². The van der Waals surface area contributed by atoms with Crippen molar-refractivity contribution in [3.63, 3.8) is 0 Å². The van der Waals surface area contributed by atoms with Gasteiger partial charge in [-0.2, -0.15) is 9.29 Å². The number of hydrogen-bond donors (Lipinski definition) is 4. The molecule has 1 fully saturated rings. The highest BCUT2D eigenvalue weighted by Gasteiger charge is 2.27. The number of aliphatic hydroxyl groups is 1. The highest BCUT2D eigenvalue weighted by Crippen LogP contribution is 2.19. The van der Waals surface area contributed by atoms with Crippen LogP contribution in [-0.2, 0) is 27.6 Å². The second-order valence-electron chi connectivity index (χ2n) is 10.4. The molecule has 5 N–H and O–H groups in total. The lowest BCUT2D eigenvalue weighted by Crippen LogP contribution is -2.88. The third kappa shape index (κ3) is 7.96. The molecule has 3 aromatic rings. The highest BCUT2D eigenvalue weighted by molar-refractivity contribution is 7.89. The first-order valence-corrected chi connectivity index (χ1v) is 15.6. The average molecular weight is 583 g/mol. The van der Waals surface area contributed by atoms with Crippen LogP contribution in [0.3, 0.4) is 0 Å². The topological polar surface area (TPSA) is 153 Å². The number of morpholine rings is 1. The van der Waals surface area contributed by atoms with Gasteiger partial charge in [-0.1, -0.05) is 49.4 Å². The molecule has 1 aliphatic heterocycles. The standard InChI is InChI=1S/C30H39N5O5S/c1-3-25(31)28-29(32-26(21(2)36)11-7-10-22-8-5-4-6-9-22)33-27(34-30(28)37)20-23-12-14-24(15-13-23)41(38,39)35-16-18-40-19-17-35/h4-6,8-9,12-15,21,26,31,36H,3,7,10-11,16-20H2,1-2H3,(H2,32,33,34,37)/p+1. The minimum Gasteiger partial charge on any atom is -0.387 e. The monoisotopic (exact) mass is 582 g/mol. The maximum atomic E-state index is 13.1. The summed E-state index contributed by atoms with van der Waals surface area (Å²) in [6, 6.07) is 16.5. The van der Waals surface area contributed by atoms with E-state index in [1.54, 1.807) is 31.2 Å². The minimum absolute atomic E-state index is 0.183. The molecule has 220 valence electrons. The summed E-state index contributed by atoms with van der Waals surface area (Å²) in [5.41, 5.74) is 2.02. The summed E-state index contributed by atoms with van der Waals surface area (Å²) in [6.07, 6.45) is 2.43. The predicted molar refractivity (Wildman–Crippen MR) is 157 cm³/mol. The molecule has 11 heteroatoms. The molecule has 0 spiro atoms. The molecule has 41 heavy (non-hydrogen) atoms. The van der Waals surface area contributed by atoms with Gasteiger partial charge in [0.15, 0.2) is 0 Å². The number of H-pyrrole nitrogens is 1. The summed E-state index contributed by atoms with van der Waals surface area (Å²) in [7, 11) is -3.60. The SMILES string of the molecule is CCC(=N)c1c([NH2+]C(CCCc2ccccc2)C(C)O)nc(Cc2ccc(S(=O)(=O)N3CCOCC3)cc2)[nH]c1=O. The Balaban J connectivity index is 1.53. The van der Waals surface area contributed by atoms with Crippen molar-refractivity contribution in [1.82, 2.24) is 14.3 Å². The number of sulfonamides is 1. The fourth-order valence-electron chi connectivity index (χ4n) is 4.97. The first-order chi connectivity index (χ1) is 19.7. The third-order valence-electron chi connectivity index (χ3n) is 7.39. The Morgan fingerprint density at radius 1 is 1.12 bits per heavy atom. The summed E-state index contributed by atoms with van der Waals surface area (Å²) < 4.78 is 32.6. The third-order valence-corrected chi connectivity index (χ3v) is 9.30. The summed E-state index contributed by atoms with van der Waals surface area (Å²) in [5.74, 6) is 0.805. The maximum absolute atomic E-state index is 13.1. The van der Waals surface area contributed by atoms with Gasteiger partial charge in [0.2, 0.25) is 15.8 Å². The predicted octanol–water partition coefficient (Wildman–Crippen LogP) is 2.13. The lowest BCUT2D eigenvalue weighted by atomic mass is 10.0. The van der Waals surface area contributed by atoms with Crippen LogP contribution in [0.2, 0.25) is 0 Å². The molecule has 0 saturated carbocycles. The zero-order valence-electron chi connectivity index (χ0n) is 23.7. The molecule has 1 aromatic heterocycles. The Morgan fingerprint density at radius 3 is 2.44 bits per heavy atom. The summed E-state index contributed by atoms with van der Waals surface area (Å²) in [4.78, 5) is 20.9. The highest BCUT2D eigenvalue weighted by atomic mass is 32.2. The molecule has 2 atom stereocenters. The number of nitrogens with one attached hydrogen (secondary N) is 2. The Bertz CT molecular complexity index is 1470. The van der Waals surface area contributed by atoms with Crippen molar-refractivity contribution in [2.45, 2.75) is 63.0 Å². The quantitative estimate of drug-likeness (QED) is 0.227. The van der Waals surface area contributed by atoms with Crippen molar-refractivity contribution in [3.8, 4) is 0 Å². The molecular weight excluding hydrogens is 542 g/mol. The van der Waals surface area contributed by atoms with E-state index in [4.69, 9.17) is 15.1 Å². The van der Waals surface area contributed by atoms with Gasteiger partial charge >= 0.3 is 0 Å².